The number of nitrogens with one attached hydrogen (secondary N) is 1. The molecule has 260 valence electrons. The molecule has 0 unspecified atom stereocenters. The highest BCUT2D eigenvalue weighted by Gasteiger charge is 2.28. The topological polar surface area (TPSA) is 124 Å². The number of fused-ring (bicyclic) bond motifs is 1. The van der Waals surface area contributed by atoms with Crippen molar-refractivity contribution in [1.82, 2.24) is 19.9 Å². The lowest BCUT2D eigenvalue weighted by atomic mass is 10.0. The molecule has 1 N–H and O–H groups in total. The minimum Gasteiger partial charge on any atom is -0.444 e. The molecule has 1 saturated heterocycles. The number of carbonyl (C=O) groups excluding carboxylic acids is 1. The van der Waals surface area contributed by atoms with Crippen LogP contribution in [0.4, 0.5) is 15.1 Å². The van der Waals surface area contributed by atoms with E-state index in [-0.39, 0.29) is 29.3 Å². The van der Waals surface area contributed by atoms with E-state index in [4.69, 9.17) is 14.5 Å². The number of aromatic nitrogens is 3. The number of piperidine rings is 1. The van der Waals surface area contributed by atoms with Crippen LogP contribution in [0.3, 0.4) is 0 Å². The number of hydrogen-bond acceptors (Lipinski definition) is 9. The molecule has 0 bridgehead atoms. The summed E-state index contributed by atoms with van der Waals surface area (Å²) in [7, 11) is -3.69. The summed E-state index contributed by atoms with van der Waals surface area (Å²) in [5, 5.41) is 4.37. The Balaban J connectivity index is 1.25. The zero-order valence-corrected chi connectivity index (χ0v) is 29.3. The molecule has 6 rings (SSSR count). The normalized spacial score (nSPS) is 15.1. The average molecular weight is 698 g/mol. The fourth-order valence-corrected chi connectivity index (χ4v) is 7.55. The van der Waals surface area contributed by atoms with Gasteiger partial charge >= 0.3 is 6.09 Å². The second-order valence-electron chi connectivity index (χ2n) is 13.5. The highest BCUT2D eigenvalue weighted by atomic mass is 32.2. The number of benzene rings is 3. The number of ether oxygens (including phenoxy) is 2. The maximum absolute atomic E-state index is 15.3. The van der Waals surface area contributed by atoms with Crippen LogP contribution in [0.5, 0.6) is 11.6 Å². The van der Waals surface area contributed by atoms with E-state index in [0.717, 1.165) is 18.4 Å². The van der Waals surface area contributed by atoms with Gasteiger partial charge in [0.2, 0.25) is 11.8 Å². The fourth-order valence-electron chi connectivity index (χ4n) is 6.02. The van der Waals surface area contributed by atoms with Gasteiger partial charge in [-0.25, -0.2) is 32.6 Å². The van der Waals surface area contributed by atoms with Gasteiger partial charge in [0, 0.05) is 42.5 Å². The molecule has 1 amide bonds. The van der Waals surface area contributed by atoms with Crippen molar-refractivity contribution in [3.8, 4) is 22.9 Å². The molecular formula is C38H40FN5O5S. The van der Waals surface area contributed by atoms with Gasteiger partial charge in [0.15, 0.2) is 9.84 Å². The summed E-state index contributed by atoms with van der Waals surface area (Å²) >= 11 is 0. The molecule has 1 aliphatic rings. The van der Waals surface area contributed by atoms with Crippen molar-refractivity contribution in [1.29, 1.82) is 0 Å². The number of rotatable bonds is 9. The average Bonchev–Trinajstić information content (AvgIpc) is 3.07. The Morgan fingerprint density at radius 3 is 2.52 bits per heavy atom. The smallest absolute Gasteiger partial charge is 0.410 e. The number of halogens is 1. The Hall–Kier alpha value is -5.10. The molecule has 0 radical (unpaired) electrons. The molecule has 3 heterocycles. The molecule has 3 aromatic carbocycles. The molecule has 2 aromatic heterocycles. The minimum absolute atomic E-state index is 0.0689. The zero-order chi connectivity index (χ0) is 35.5. The van der Waals surface area contributed by atoms with Crippen LogP contribution >= 0.6 is 0 Å². The van der Waals surface area contributed by atoms with Crippen LogP contribution in [0.25, 0.3) is 22.0 Å². The van der Waals surface area contributed by atoms with Gasteiger partial charge in [-0.2, -0.15) is 0 Å². The van der Waals surface area contributed by atoms with Gasteiger partial charge in [0.1, 0.15) is 17.2 Å². The van der Waals surface area contributed by atoms with Gasteiger partial charge < -0.3 is 19.7 Å². The Labute approximate surface area is 291 Å². The van der Waals surface area contributed by atoms with E-state index in [1.165, 1.54) is 6.07 Å². The molecule has 12 heteroatoms. The number of likely N-dealkylation sites (tertiary alicyclic amines) is 1. The molecule has 1 aliphatic heterocycles. The van der Waals surface area contributed by atoms with Gasteiger partial charge in [-0.1, -0.05) is 42.5 Å². The quantitative estimate of drug-likeness (QED) is 0.164. The number of nitrogens with zero attached hydrogens (tertiary/aromatic N) is 4. The van der Waals surface area contributed by atoms with Crippen LogP contribution in [0, 0.1) is 12.7 Å². The standard InChI is InChI=1S/C38H40FN5O5S/c1-25-14-15-28-29(16-17-32(39)31(28)24-50(46,47)23-26-10-6-5-7-11-26)34(25)48-35-30(13-8-19-40-35)33-18-20-41-36(43-33)42-27-12-9-21-44(22-27)37(45)49-38(2,3)4/h5-8,10-11,13-20,27H,9,12,21-24H2,1-4H3,(H,41,42,43)/t27-/m0/s1. The second kappa shape index (κ2) is 14.4. The highest BCUT2D eigenvalue weighted by Crippen LogP contribution is 2.38. The van der Waals surface area contributed by atoms with Crippen molar-refractivity contribution in [2.24, 2.45) is 0 Å². The van der Waals surface area contributed by atoms with Gasteiger partial charge in [-0.3, -0.25) is 0 Å². The minimum atomic E-state index is -3.69. The summed E-state index contributed by atoms with van der Waals surface area (Å²) in [6.07, 6.45) is 4.55. The van der Waals surface area contributed by atoms with Gasteiger partial charge in [-0.05, 0) is 87.4 Å². The van der Waals surface area contributed by atoms with Crippen LogP contribution in [-0.4, -0.2) is 59.1 Å². The SMILES string of the molecule is Cc1ccc2c(CS(=O)(=O)Cc3ccccc3)c(F)ccc2c1Oc1ncccc1-c1ccnc(N[C@H]2CCCN(C(=O)OC(C)(C)C)C2)n1. The lowest BCUT2D eigenvalue weighted by Gasteiger charge is -2.34. The maximum atomic E-state index is 15.3. The summed E-state index contributed by atoms with van der Waals surface area (Å²) in [6.45, 7) is 8.49. The monoisotopic (exact) mass is 697 g/mol. The summed E-state index contributed by atoms with van der Waals surface area (Å²) in [6, 6.07) is 20.5. The number of sulfone groups is 1. The summed E-state index contributed by atoms with van der Waals surface area (Å²) < 4.78 is 53.8. The lowest BCUT2D eigenvalue weighted by molar-refractivity contribution is 0.0206. The van der Waals surface area contributed by atoms with Crippen LogP contribution in [-0.2, 0) is 26.1 Å². The molecule has 1 fully saturated rings. The number of carbonyl (C=O) groups is 1. The first kappa shape index (κ1) is 34.8. The third-order valence-corrected chi connectivity index (χ3v) is 9.81. The molecular weight excluding hydrogens is 658 g/mol. The van der Waals surface area contributed by atoms with Crippen molar-refractivity contribution in [3.05, 3.63) is 108 Å². The van der Waals surface area contributed by atoms with Gasteiger partial charge in [-0.15, -0.1) is 0 Å². The first-order valence-corrected chi connectivity index (χ1v) is 18.3. The Morgan fingerprint density at radius 2 is 1.74 bits per heavy atom. The van der Waals surface area contributed by atoms with Crippen molar-refractivity contribution < 1.29 is 27.1 Å². The Morgan fingerprint density at radius 1 is 0.960 bits per heavy atom. The number of anilines is 1. The van der Waals surface area contributed by atoms with E-state index in [1.807, 2.05) is 39.8 Å². The second-order valence-corrected chi connectivity index (χ2v) is 15.5. The van der Waals surface area contributed by atoms with Crippen molar-refractivity contribution >= 4 is 32.7 Å². The summed E-state index contributed by atoms with van der Waals surface area (Å²) in [5.41, 5.74) is 2.06. The number of aryl methyl sites for hydroxylation is 1. The number of pyridine rings is 1. The first-order valence-electron chi connectivity index (χ1n) is 16.5. The molecule has 0 saturated carbocycles. The number of amides is 1. The van der Waals surface area contributed by atoms with Crippen LogP contribution in [0.15, 0.2) is 85.2 Å². The molecule has 0 aliphatic carbocycles. The third kappa shape index (κ3) is 8.36. The Bertz CT molecular complexity index is 2120. The van der Waals surface area contributed by atoms with Crippen LogP contribution < -0.4 is 10.1 Å². The molecule has 10 nitrogen and oxygen atoms in total. The predicted octanol–water partition coefficient (Wildman–Crippen LogP) is 7.86. The van der Waals surface area contributed by atoms with E-state index in [0.29, 0.717) is 52.4 Å². The van der Waals surface area contributed by atoms with Gasteiger partial charge in [0.25, 0.3) is 0 Å². The largest absolute Gasteiger partial charge is 0.444 e. The molecule has 0 spiro atoms. The fraction of sp³-hybridized carbons (Fsp3) is 0.316. The molecule has 5 aromatic rings. The van der Waals surface area contributed by atoms with Crippen molar-refractivity contribution in [2.75, 3.05) is 18.4 Å². The zero-order valence-electron chi connectivity index (χ0n) is 28.5. The summed E-state index contributed by atoms with van der Waals surface area (Å²) in [5.74, 6) is -0.170. The lowest BCUT2D eigenvalue weighted by Crippen LogP contribution is -2.47. The van der Waals surface area contributed by atoms with Crippen molar-refractivity contribution in [3.63, 3.8) is 0 Å². The summed E-state index contributed by atoms with van der Waals surface area (Å²) in [4.78, 5) is 28.1. The first-order chi connectivity index (χ1) is 23.8. The Kier molecular flexibility index (Phi) is 10.0. The molecule has 1 atom stereocenters. The highest BCUT2D eigenvalue weighted by molar-refractivity contribution is 7.89. The third-order valence-electron chi connectivity index (χ3n) is 8.30. The van der Waals surface area contributed by atoms with Crippen LogP contribution in [0.2, 0.25) is 0 Å². The van der Waals surface area contributed by atoms with E-state index in [2.05, 4.69) is 15.3 Å². The van der Waals surface area contributed by atoms with E-state index >= 15 is 4.39 Å². The van der Waals surface area contributed by atoms with Crippen LogP contribution in [0.1, 0.15) is 50.3 Å². The number of hydrogen-bond donors (Lipinski definition) is 1. The van der Waals surface area contributed by atoms with E-state index in [9.17, 15) is 13.2 Å². The van der Waals surface area contributed by atoms with Gasteiger partial charge in [0.05, 0.1) is 22.8 Å². The molecule has 50 heavy (non-hydrogen) atoms. The van der Waals surface area contributed by atoms with E-state index < -0.39 is 27.0 Å². The van der Waals surface area contributed by atoms with E-state index in [1.54, 1.807) is 71.9 Å². The predicted molar refractivity (Wildman–Crippen MR) is 191 cm³/mol. The van der Waals surface area contributed by atoms with Crippen molar-refractivity contribution in [2.45, 2.75) is 63.7 Å². The maximum Gasteiger partial charge on any atom is 0.410 e.